The smallest absolute Gasteiger partial charge is 0.306 e. The van der Waals surface area contributed by atoms with Gasteiger partial charge in [-0.15, -0.1) is 0 Å². The number of esters is 1. The fraction of sp³-hybridized carbons (Fsp3) is 0.562. The van der Waals surface area contributed by atoms with Crippen molar-refractivity contribution < 1.29 is 9.53 Å². The molecule has 0 fully saturated rings. The van der Waals surface area contributed by atoms with Crippen molar-refractivity contribution in [3.8, 4) is 0 Å². The highest BCUT2D eigenvalue weighted by Gasteiger charge is 2.16. The molecule has 2 rings (SSSR count). The largest absolute Gasteiger partial charge is 0.460 e. The monoisotopic (exact) mass is 261 g/mol. The van der Waals surface area contributed by atoms with Gasteiger partial charge < -0.3 is 10.1 Å². The van der Waals surface area contributed by atoms with Crippen LogP contribution < -0.4 is 5.32 Å². The fourth-order valence-electron chi connectivity index (χ4n) is 2.33. The highest BCUT2D eigenvalue weighted by atomic mass is 16.6. The van der Waals surface area contributed by atoms with Crippen LogP contribution in [0.1, 0.15) is 43.9 Å². The van der Waals surface area contributed by atoms with Gasteiger partial charge in [-0.1, -0.05) is 18.2 Å². The Kier molecular flexibility index (Phi) is 4.25. The lowest BCUT2D eigenvalue weighted by atomic mass is 9.97. The van der Waals surface area contributed by atoms with Crippen LogP contribution in [0.25, 0.3) is 0 Å². The Morgan fingerprint density at radius 3 is 2.84 bits per heavy atom. The minimum absolute atomic E-state index is 0.122. The van der Waals surface area contributed by atoms with Crippen LogP contribution in [-0.2, 0) is 28.9 Å². The van der Waals surface area contributed by atoms with Crippen molar-refractivity contribution in [2.24, 2.45) is 0 Å². The molecule has 1 aromatic carbocycles. The molecule has 1 heterocycles. The van der Waals surface area contributed by atoms with Crippen LogP contribution in [0.5, 0.6) is 0 Å². The molecule has 0 saturated heterocycles. The first-order valence-corrected chi connectivity index (χ1v) is 6.97. The second kappa shape index (κ2) is 5.74. The third kappa shape index (κ3) is 4.35. The Morgan fingerprint density at radius 1 is 1.32 bits per heavy atom. The van der Waals surface area contributed by atoms with Gasteiger partial charge in [0.1, 0.15) is 5.60 Å². The van der Waals surface area contributed by atoms with Crippen molar-refractivity contribution in [1.82, 2.24) is 5.32 Å². The van der Waals surface area contributed by atoms with E-state index in [1.807, 2.05) is 20.8 Å². The SMILES string of the molecule is CC(C)(C)OC(=O)CCc1ccc2c(c1)CNCC2. The molecular formula is C16H23NO2. The molecule has 0 spiro atoms. The summed E-state index contributed by atoms with van der Waals surface area (Å²) < 4.78 is 5.32. The van der Waals surface area contributed by atoms with Crippen molar-refractivity contribution in [2.45, 2.75) is 52.2 Å². The lowest BCUT2D eigenvalue weighted by molar-refractivity contribution is -0.154. The Hall–Kier alpha value is -1.35. The van der Waals surface area contributed by atoms with Crippen LogP contribution in [0, 0.1) is 0 Å². The van der Waals surface area contributed by atoms with Gasteiger partial charge in [0.2, 0.25) is 0 Å². The number of hydrogen-bond donors (Lipinski definition) is 1. The Balaban J connectivity index is 1.91. The molecule has 1 aliphatic rings. The molecule has 1 N–H and O–H groups in total. The third-order valence-electron chi connectivity index (χ3n) is 3.20. The molecule has 0 aliphatic carbocycles. The van der Waals surface area contributed by atoms with E-state index in [2.05, 4.69) is 23.5 Å². The Bertz CT molecular complexity index is 460. The molecule has 0 bridgehead atoms. The summed E-state index contributed by atoms with van der Waals surface area (Å²) in [6, 6.07) is 6.54. The predicted octanol–water partition coefficient (Wildman–Crippen LogP) is 2.61. The number of benzene rings is 1. The van der Waals surface area contributed by atoms with E-state index in [1.165, 1.54) is 16.7 Å². The highest BCUT2D eigenvalue weighted by molar-refractivity contribution is 5.70. The van der Waals surface area contributed by atoms with Crippen LogP contribution in [0.15, 0.2) is 18.2 Å². The van der Waals surface area contributed by atoms with E-state index in [0.717, 1.165) is 25.9 Å². The van der Waals surface area contributed by atoms with Crippen LogP contribution in [-0.4, -0.2) is 18.1 Å². The van der Waals surface area contributed by atoms with Gasteiger partial charge in [-0.2, -0.15) is 0 Å². The summed E-state index contributed by atoms with van der Waals surface area (Å²) in [6.45, 7) is 7.69. The summed E-state index contributed by atoms with van der Waals surface area (Å²) in [5.41, 5.74) is 3.62. The molecule has 19 heavy (non-hydrogen) atoms. The van der Waals surface area contributed by atoms with Gasteiger partial charge in [0, 0.05) is 13.0 Å². The van der Waals surface area contributed by atoms with Gasteiger partial charge in [0.25, 0.3) is 0 Å². The van der Waals surface area contributed by atoms with Crippen molar-refractivity contribution >= 4 is 5.97 Å². The molecule has 0 radical (unpaired) electrons. The van der Waals surface area contributed by atoms with Crippen LogP contribution in [0.2, 0.25) is 0 Å². The first-order valence-electron chi connectivity index (χ1n) is 6.97. The van der Waals surface area contributed by atoms with E-state index in [-0.39, 0.29) is 5.97 Å². The van der Waals surface area contributed by atoms with E-state index in [1.54, 1.807) is 0 Å². The van der Waals surface area contributed by atoms with E-state index in [0.29, 0.717) is 6.42 Å². The summed E-state index contributed by atoms with van der Waals surface area (Å²) in [5.74, 6) is -0.122. The molecule has 0 aromatic heterocycles. The average Bonchev–Trinajstić information content (AvgIpc) is 2.34. The highest BCUT2D eigenvalue weighted by Crippen LogP contribution is 2.17. The summed E-state index contributed by atoms with van der Waals surface area (Å²) >= 11 is 0. The first kappa shape index (κ1) is 14.1. The number of fused-ring (bicyclic) bond motifs is 1. The van der Waals surface area contributed by atoms with Crippen molar-refractivity contribution in [1.29, 1.82) is 0 Å². The van der Waals surface area contributed by atoms with Gasteiger partial charge >= 0.3 is 5.97 Å². The number of rotatable bonds is 3. The van der Waals surface area contributed by atoms with Crippen LogP contribution >= 0.6 is 0 Å². The first-order chi connectivity index (χ1) is 8.94. The zero-order valence-corrected chi connectivity index (χ0v) is 12.1. The maximum absolute atomic E-state index is 11.7. The van der Waals surface area contributed by atoms with Crippen molar-refractivity contribution in [3.05, 3.63) is 34.9 Å². The Morgan fingerprint density at radius 2 is 2.11 bits per heavy atom. The molecule has 0 atom stereocenters. The zero-order chi connectivity index (χ0) is 13.9. The molecule has 3 nitrogen and oxygen atoms in total. The normalized spacial score (nSPS) is 14.9. The summed E-state index contributed by atoms with van der Waals surface area (Å²) in [6.07, 6.45) is 2.30. The van der Waals surface area contributed by atoms with Gasteiger partial charge in [-0.3, -0.25) is 4.79 Å². The molecule has 3 heteroatoms. The maximum Gasteiger partial charge on any atom is 0.306 e. The molecule has 0 saturated carbocycles. The number of nitrogens with one attached hydrogen (secondary N) is 1. The van der Waals surface area contributed by atoms with Crippen LogP contribution in [0.4, 0.5) is 0 Å². The Labute approximate surface area is 115 Å². The number of ether oxygens (including phenoxy) is 1. The number of hydrogen-bond acceptors (Lipinski definition) is 3. The van der Waals surface area contributed by atoms with Crippen LogP contribution in [0.3, 0.4) is 0 Å². The summed E-state index contributed by atoms with van der Waals surface area (Å²) in [7, 11) is 0. The average molecular weight is 261 g/mol. The van der Waals surface area contributed by atoms with E-state index >= 15 is 0 Å². The van der Waals surface area contributed by atoms with Gasteiger partial charge in [0.05, 0.1) is 0 Å². The number of carbonyl (C=O) groups is 1. The second-order valence-electron chi connectivity index (χ2n) is 6.12. The molecule has 1 aromatic rings. The lowest BCUT2D eigenvalue weighted by Crippen LogP contribution is -2.24. The quantitative estimate of drug-likeness (QED) is 0.850. The lowest BCUT2D eigenvalue weighted by Gasteiger charge is -2.20. The standard InChI is InChI=1S/C16H23NO2/c1-16(2,3)19-15(18)7-5-12-4-6-13-8-9-17-11-14(13)10-12/h4,6,10,17H,5,7-9,11H2,1-3H3. The van der Waals surface area contributed by atoms with E-state index < -0.39 is 5.60 Å². The van der Waals surface area contributed by atoms with E-state index in [9.17, 15) is 4.79 Å². The van der Waals surface area contributed by atoms with Crippen molar-refractivity contribution in [3.63, 3.8) is 0 Å². The fourth-order valence-corrected chi connectivity index (χ4v) is 2.33. The third-order valence-corrected chi connectivity index (χ3v) is 3.20. The number of aryl methyl sites for hydroxylation is 1. The molecule has 0 amide bonds. The molecule has 1 aliphatic heterocycles. The molecule has 0 unspecified atom stereocenters. The van der Waals surface area contributed by atoms with Gasteiger partial charge in [0.15, 0.2) is 0 Å². The van der Waals surface area contributed by atoms with Crippen molar-refractivity contribution in [2.75, 3.05) is 6.54 Å². The number of carbonyl (C=O) groups excluding carboxylic acids is 1. The van der Waals surface area contributed by atoms with Gasteiger partial charge in [-0.05, 0) is 56.8 Å². The zero-order valence-electron chi connectivity index (χ0n) is 12.1. The summed E-state index contributed by atoms with van der Waals surface area (Å²) in [4.78, 5) is 11.7. The topological polar surface area (TPSA) is 38.3 Å². The summed E-state index contributed by atoms with van der Waals surface area (Å²) in [5, 5.41) is 3.37. The van der Waals surface area contributed by atoms with E-state index in [4.69, 9.17) is 4.74 Å². The minimum Gasteiger partial charge on any atom is -0.460 e. The molecule has 104 valence electrons. The van der Waals surface area contributed by atoms with Gasteiger partial charge in [-0.25, -0.2) is 0 Å². The maximum atomic E-state index is 11.7. The minimum atomic E-state index is -0.392. The second-order valence-corrected chi connectivity index (χ2v) is 6.12. The molecular weight excluding hydrogens is 238 g/mol. The predicted molar refractivity (Wildman–Crippen MR) is 76.0 cm³/mol.